The molecule has 0 atom stereocenters. The number of nitrogens with zero attached hydrogens (tertiary/aromatic N) is 3. The van der Waals surface area contributed by atoms with E-state index in [1.807, 2.05) is 26.4 Å². The van der Waals surface area contributed by atoms with Gasteiger partial charge in [0.15, 0.2) is 0 Å². The molecule has 2 heterocycles. The summed E-state index contributed by atoms with van der Waals surface area (Å²) < 4.78 is 12.4. The Bertz CT molecular complexity index is 544. The van der Waals surface area contributed by atoms with Crippen molar-refractivity contribution >= 4 is 11.9 Å². The van der Waals surface area contributed by atoms with Gasteiger partial charge in [0.25, 0.3) is 0 Å². The smallest absolute Gasteiger partial charge is 0.306 e. The number of unbranched alkanes of at least 4 members (excludes halogenated alkanes) is 1. The molecule has 1 aliphatic rings. The number of carbonyl (C=O) groups excluding carboxylic acids is 2. The molecule has 1 aliphatic heterocycles. The highest BCUT2D eigenvalue weighted by atomic mass is 16.5. The van der Waals surface area contributed by atoms with Crippen molar-refractivity contribution in [1.82, 2.24) is 14.5 Å². The molecule has 2 rings (SSSR count). The van der Waals surface area contributed by atoms with Crippen molar-refractivity contribution < 1.29 is 19.1 Å². The molecule has 0 spiro atoms. The van der Waals surface area contributed by atoms with Gasteiger partial charge in [-0.25, -0.2) is 4.98 Å². The number of aromatic nitrogens is 2. The minimum atomic E-state index is -0.328. The lowest BCUT2D eigenvalue weighted by molar-refractivity contribution is -0.151. The van der Waals surface area contributed by atoms with Crippen LogP contribution in [-0.4, -0.2) is 59.2 Å². The van der Waals surface area contributed by atoms with Gasteiger partial charge in [0, 0.05) is 18.9 Å². The average Bonchev–Trinajstić information content (AvgIpc) is 3.14. The third-order valence-corrected chi connectivity index (χ3v) is 5.27. The molecule has 1 aromatic rings. The lowest BCUT2D eigenvalue weighted by atomic mass is 9.73. The summed E-state index contributed by atoms with van der Waals surface area (Å²) in [5, 5.41) is 0. The molecule has 7 heteroatoms. The second-order valence-corrected chi connectivity index (χ2v) is 7.31. The fraction of sp³-hybridized carbons (Fsp3) is 0.750. The van der Waals surface area contributed by atoms with Crippen LogP contribution in [0, 0.1) is 5.41 Å². The second kappa shape index (κ2) is 11.1. The van der Waals surface area contributed by atoms with Crippen molar-refractivity contribution in [1.29, 1.82) is 0 Å². The zero-order valence-corrected chi connectivity index (χ0v) is 16.7. The molecule has 1 fully saturated rings. The number of piperidine rings is 1. The Labute approximate surface area is 162 Å². The monoisotopic (exact) mass is 379 g/mol. The van der Waals surface area contributed by atoms with E-state index >= 15 is 0 Å². The minimum Gasteiger partial charge on any atom is -0.466 e. The molecule has 0 amide bonds. The first kappa shape index (κ1) is 21.4. The maximum atomic E-state index is 12.1. The number of ether oxygens (including phenoxy) is 2. The third-order valence-electron chi connectivity index (χ3n) is 5.27. The Morgan fingerprint density at radius 2 is 1.59 bits per heavy atom. The van der Waals surface area contributed by atoms with Crippen LogP contribution in [0.3, 0.4) is 0 Å². The summed E-state index contributed by atoms with van der Waals surface area (Å²) >= 11 is 0. The van der Waals surface area contributed by atoms with Gasteiger partial charge in [-0.3, -0.25) is 9.59 Å². The van der Waals surface area contributed by atoms with Gasteiger partial charge in [-0.1, -0.05) is 0 Å². The zero-order chi connectivity index (χ0) is 19.5. The standard InChI is InChI=1S/C20H33N3O4/c1-3-26-18(24)15-20(16-19(25)27-4-2)7-12-22(13-8-20)10-5-6-11-23-14-9-21-17-23/h9,14,17H,3-8,10-13,15-16H2,1-2H3. The largest absolute Gasteiger partial charge is 0.466 e. The van der Waals surface area contributed by atoms with E-state index < -0.39 is 0 Å². The lowest BCUT2D eigenvalue weighted by Gasteiger charge is -2.40. The predicted octanol–water partition coefficient (Wildman–Crippen LogP) is 2.65. The highest BCUT2D eigenvalue weighted by Gasteiger charge is 2.39. The van der Waals surface area contributed by atoms with Gasteiger partial charge in [-0.15, -0.1) is 0 Å². The summed E-state index contributed by atoms with van der Waals surface area (Å²) in [7, 11) is 0. The van der Waals surface area contributed by atoms with Gasteiger partial charge < -0.3 is 18.9 Å². The Morgan fingerprint density at radius 3 is 2.11 bits per heavy atom. The molecular weight excluding hydrogens is 346 g/mol. The van der Waals surface area contributed by atoms with E-state index in [2.05, 4.69) is 14.5 Å². The molecule has 0 unspecified atom stereocenters. The molecule has 0 radical (unpaired) electrons. The number of likely N-dealkylation sites (tertiary alicyclic amines) is 1. The third kappa shape index (κ3) is 7.33. The number of carbonyl (C=O) groups is 2. The number of hydrogen-bond acceptors (Lipinski definition) is 6. The maximum absolute atomic E-state index is 12.1. The SMILES string of the molecule is CCOC(=O)CC1(CC(=O)OCC)CCN(CCCCn2ccnc2)CC1. The van der Waals surface area contributed by atoms with E-state index in [1.165, 1.54) is 0 Å². The number of hydrogen-bond donors (Lipinski definition) is 0. The predicted molar refractivity (Wildman–Crippen MR) is 102 cm³/mol. The molecule has 1 aromatic heterocycles. The van der Waals surface area contributed by atoms with Gasteiger partial charge in [0.2, 0.25) is 0 Å². The van der Waals surface area contributed by atoms with Crippen LogP contribution < -0.4 is 0 Å². The highest BCUT2D eigenvalue weighted by molar-refractivity contribution is 5.74. The second-order valence-electron chi connectivity index (χ2n) is 7.31. The molecule has 152 valence electrons. The normalized spacial score (nSPS) is 16.8. The van der Waals surface area contributed by atoms with Gasteiger partial charge in [-0.2, -0.15) is 0 Å². The van der Waals surface area contributed by atoms with Crippen LogP contribution in [0.15, 0.2) is 18.7 Å². The summed E-state index contributed by atoms with van der Waals surface area (Å²) in [5.41, 5.74) is -0.328. The fourth-order valence-electron chi connectivity index (χ4n) is 3.75. The van der Waals surface area contributed by atoms with Crippen LogP contribution in [-0.2, 0) is 25.6 Å². The van der Waals surface area contributed by atoms with E-state index in [4.69, 9.17) is 9.47 Å². The van der Waals surface area contributed by atoms with Crippen molar-refractivity contribution in [3.05, 3.63) is 18.7 Å². The molecule has 0 N–H and O–H groups in total. The van der Waals surface area contributed by atoms with Crippen LogP contribution in [0.5, 0.6) is 0 Å². The minimum absolute atomic E-state index is 0.212. The number of aryl methyl sites for hydroxylation is 1. The van der Waals surface area contributed by atoms with E-state index in [1.54, 1.807) is 6.20 Å². The van der Waals surface area contributed by atoms with Crippen molar-refractivity contribution in [2.75, 3.05) is 32.8 Å². The van der Waals surface area contributed by atoms with Crippen LogP contribution in [0.4, 0.5) is 0 Å². The number of imidazole rings is 1. The molecule has 0 bridgehead atoms. The van der Waals surface area contributed by atoms with Crippen LogP contribution in [0.2, 0.25) is 0 Å². The molecule has 0 saturated carbocycles. The van der Waals surface area contributed by atoms with Crippen LogP contribution in [0.1, 0.15) is 52.4 Å². The van der Waals surface area contributed by atoms with Crippen molar-refractivity contribution in [2.45, 2.75) is 58.9 Å². The van der Waals surface area contributed by atoms with Crippen LogP contribution in [0.25, 0.3) is 0 Å². The van der Waals surface area contributed by atoms with E-state index in [0.717, 1.165) is 51.9 Å². The van der Waals surface area contributed by atoms with Crippen LogP contribution >= 0.6 is 0 Å². The zero-order valence-electron chi connectivity index (χ0n) is 16.7. The Kier molecular flexibility index (Phi) is 8.78. The summed E-state index contributed by atoms with van der Waals surface area (Å²) in [4.78, 5) is 30.6. The molecular formula is C20H33N3O4. The van der Waals surface area contributed by atoms with Crippen molar-refractivity contribution in [3.8, 4) is 0 Å². The molecule has 1 saturated heterocycles. The van der Waals surface area contributed by atoms with E-state index in [-0.39, 0.29) is 17.4 Å². The summed E-state index contributed by atoms with van der Waals surface area (Å²) in [6.45, 7) is 8.21. The van der Waals surface area contributed by atoms with Gasteiger partial charge in [0.1, 0.15) is 0 Å². The summed E-state index contributed by atoms with van der Waals surface area (Å²) in [6.07, 6.45) is 10.1. The first-order valence-electron chi connectivity index (χ1n) is 10.1. The van der Waals surface area contributed by atoms with Crippen molar-refractivity contribution in [2.24, 2.45) is 5.41 Å². The Balaban J connectivity index is 1.79. The van der Waals surface area contributed by atoms with E-state index in [9.17, 15) is 9.59 Å². The van der Waals surface area contributed by atoms with Crippen molar-refractivity contribution in [3.63, 3.8) is 0 Å². The summed E-state index contributed by atoms with van der Waals surface area (Å²) in [6, 6.07) is 0. The van der Waals surface area contributed by atoms with Gasteiger partial charge in [-0.05, 0) is 64.6 Å². The Morgan fingerprint density at radius 1 is 1.00 bits per heavy atom. The quantitative estimate of drug-likeness (QED) is 0.435. The topological polar surface area (TPSA) is 73.7 Å². The highest BCUT2D eigenvalue weighted by Crippen LogP contribution is 2.39. The molecule has 0 aliphatic carbocycles. The van der Waals surface area contributed by atoms with Gasteiger partial charge >= 0.3 is 11.9 Å². The lowest BCUT2D eigenvalue weighted by Crippen LogP contribution is -2.43. The fourth-order valence-corrected chi connectivity index (χ4v) is 3.75. The average molecular weight is 380 g/mol. The molecule has 27 heavy (non-hydrogen) atoms. The number of rotatable bonds is 11. The Hall–Kier alpha value is -1.89. The van der Waals surface area contributed by atoms with E-state index in [0.29, 0.717) is 26.1 Å². The molecule has 7 nitrogen and oxygen atoms in total. The molecule has 0 aromatic carbocycles. The maximum Gasteiger partial charge on any atom is 0.306 e. The first-order chi connectivity index (χ1) is 13.1. The van der Waals surface area contributed by atoms with Gasteiger partial charge in [0.05, 0.1) is 32.4 Å². The number of esters is 2. The first-order valence-corrected chi connectivity index (χ1v) is 10.1. The summed E-state index contributed by atoms with van der Waals surface area (Å²) in [5.74, 6) is -0.425.